The third-order valence-corrected chi connectivity index (χ3v) is 9.80. The molecule has 2 aliphatic rings. The summed E-state index contributed by atoms with van der Waals surface area (Å²) in [6.45, 7) is 6.37. The van der Waals surface area contributed by atoms with Crippen LogP contribution in [0.5, 0.6) is 0 Å². The number of likely N-dealkylation sites (tertiary alicyclic amines) is 2. The lowest BCUT2D eigenvalue weighted by Crippen LogP contribution is -2.38. The molecule has 0 unspecified atom stereocenters. The number of benzene rings is 2. The second-order valence-electron chi connectivity index (χ2n) is 13.6. The van der Waals surface area contributed by atoms with Crippen LogP contribution in [0.25, 0.3) is 0 Å². The Kier molecular flexibility index (Phi) is 15.7. The Morgan fingerprint density at radius 3 is 1.70 bits per heavy atom. The molecular weight excluding hydrogens is 728 g/mol. The average Bonchev–Trinajstić information content (AvgIpc) is 3.94. The van der Waals surface area contributed by atoms with E-state index >= 15 is 0 Å². The minimum absolute atomic E-state index is 0.0108. The lowest BCUT2D eigenvalue weighted by Gasteiger charge is -2.23. The van der Waals surface area contributed by atoms with E-state index in [4.69, 9.17) is 16.3 Å². The number of anilines is 1. The summed E-state index contributed by atoms with van der Waals surface area (Å²) < 4.78 is 12.7. The standard InChI is InChI=1S/C21H23N5O2.C13H16FN3O2.C8H8N2/c1-15(27)25(2)19-8-9-26(14-19)21(28)18-6-7-20(24-13-18)23-12-17-5-3-4-16(10-17)11-22;1-9(18)16(2)11-5-6-17(8-11)13(19)10-3-4-12(14)15-7-10;9-5-7-2-1-3-8(4-7)6-10/h3-7,10,13,19H,8-9,12,14H2,1-2H3,(H,23,24);3-4,7,11H,5-6,8H2,1-2H3;1-4H,5,9H2/t19-;11-;/m00./s1. The number of hydrogen-bond donors (Lipinski definition) is 2. The molecule has 4 aromatic rings. The number of nitrogens with zero attached hydrogens (tertiary/aromatic N) is 8. The number of carbonyl (C=O) groups is 4. The molecule has 2 saturated heterocycles. The molecule has 2 fully saturated rings. The topological polar surface area (TPSA) is 193 Å². The Hall–Kier alpha value is -6.71. The van der Waals surface area contributed by atoms with E-state index < -0.39 is 5.95 Å². The third kappa shape index (κ3) is 12.4. The van der Waals surface area contributed by atoms with Gasteiger partial charge in [0.1, 0.15) is 5.82 Å². The van der Waals surface area contributed by atoms with Crippen LogP contribution >= 0.6 is 0 Å². The predicted octanol–water partition coefficient (Wildman–Crippen LogP) is 4.19. The molecule has 3 N–H and O–H groups in total. The van der Waals surface area contributed by atoms with E-state index in [1.807, 2.05) is 36.4 Å². The van der Waals surface area contributed by atoms with Crippen LogP contribution in [0.1, 0.15) is 69.7 Å². The first-order valence-corrected chi connectivity index (χ1v) is 18.4. The Morgan fingerprint density at radius 2 is 1.26 bits per heavy atom. The normalized spacial score (nSPS) is 15.4. The number of aromatic nitrogens is 2. The summed E-state index contributed by atoms with van der Waals surface area (Å²) in [6, 6.07) is 25.1. The van der Waals surface area contributed by atoms with E-state index in [0.717, 1.165) is 24.0 Å². The smallest absolute Gasteiger partial charge is 0.255 e. The molecule has 6 rings (SSSR count). The van der Waals surface area contributed by atoms with Crippen LogP contribution in [0.4, 0.5) is 10.2 Å². The van der Waals surface area contributed by atoms with Crippen LogP contribution in [0.2, 0.25) is 0 Å². The van der Waals surface area contributed by atoms with Crippen molar-refractivity contribution in [1.29, 1.82) is 10.5 Å². The van der Waals surface area contributed by atoms with Crippen LogP contribution < -0.4 is 11.1 Å². The van der Waals surface area contributed by atoms with E-state index in [1.54, 1.807) is 70.2 Å². The van der Waals surface area contributed by atoms with E-state index in [0.29, 0.717) is 67.3 Å². The van der Waals surface area contributed by atoms with Crippen molar-refractivity contribution >= 4 is 29.4 Å². The zero-order valence-electron chi connectivity index (χ0n) is 32.6. The molecule has 0 saturated carbocycles. The van der Waals surface area contributed by atoms with Gasteiger partial charge in [-0.1, -0.05) is 24.3 Å². The largest absolute Gasteiger partial charge is 0.366 e. The maximum Gasteiger partial charge on any atom is 0.255 e. The molecule has 0 bridgehead atoms. The number of amides is 4. The number of likely N-dealkylation sites (N-methyl/N-ethyl adjacent to an activating group) is 2. The maximum atomic E-state index is 12.7. The van der Waals surface area contributed by atoms with Gasteiger partial charge in [0, 0.05) is 79.6 Å². The fraction of sp³-hybridized carbons (Fsp3) is 0.333. The fourth-order valence-electron chi connectivity index (χ4n) is 6.20. The minimum Gasteiger partial charge on any atom is -0.366 e. The van der Waals surface area contributed by atoms with Crippen molar-refractivity contribution in [3.63, 3.8) is 0 Å². The first-order valence-electron chi connectivity index (χ1n) is 18.4. The number of halogens is 1. The van der Waals surface area contributed by atoms with Crippen molar-refractivity contribution in [2.75, 3.05) is 45.6 Å². The van der Waals surface area contributed by atoms with Crippen LogP contribution in [0, 0.1) is 28.6 Å². The number of pyridine rings is 2. The second kappa shape index (κ2) is 20.8. The lowest BCUT2D eigenvalue weighted by molar-refractivity contribution is -0.130. The molecule has 57 heavy (non-hydrogen) atoms. The maximum absolute atomic E-state index is 12.7. The van der Waals surface area contributed by atoms with Gasteiger partial charge in [-0.05, 0) is 72.5 Å². The molecule has 0 aliphatic carbocycles. The van der Waals surface area contributed by atoms with Gasteiger partial charge in [0.25, 0.3) is 11.8 Å². The lowest BCUT2D eigenvalue weighted by atomic mass is 10.1. The van der Waals surface area contributed by atoms with Crippen LogP contribution in [0.15, 0.2) is 85.2 Å². The highest BCUT2D eigenvalue weighted by Gasteiger charge is 2.31. The molecular formula is C42H47FN10O4. The molecule has 15 heteroatoms. The van der Waals surface area contributed by atoms with Crippen LogP contribution in [-0.4, -0.2) is 106 Å². The Labute approximate surface area is 332 Å². The van der Waals surface area contributed by atoms with Gasteiger partial charge in [-0.3, -0.25) is 19.2 Å². The fourth-order valence-corrected chi connectivity index (χ4v) is 6.20. The van der Waals surface area contributed by atoms with Gasteiger partial charge in [0.2, 0.25) is 17.8 Å². The molecule has 2 aliphatic heterocycles. The molecule has 296 valence electrons. The summed E-state index contributed by atoms with van der Waals surface area (Å²) in [6.07, 6.45) is 4.35. The van der Waals surface area contributed by atoms with Crippen LogP contribution in [0.3, 0.4) is 0 Å². The second-order valence-corrected chi connectivity index (χ2v) is 13.6. The molecule has 14 nitrogen and oxygen atoms in total. The number of nitriles is 2. The number of nitrogens with one attached hydrogen (secondary N) is 1. The van der Waals surface area contributed by atoms with Crippen molar-refractivity contribution in [2.45, 2.75) is 51.9 Å². The van der Waals surface area contributed by atoms with Crippen molar-refractivity contribution in [3.05, 3.63) is 125 Å². The van der Waals surface area contributed by atoms with Gasteiger partial charge < -0.3 is 30.7 Å². The van der Waals surface area contributed by atoms with Gasteiger partial charge in [0.15, 0.2) is 0 Å². The SMILES string of the molecule is CC(=O)N(C)[C@H]1CCN(C(=O)c2ccc(F)nc2)C1.CC(=O)N(C)[C@H]1CCN(C(=O)c2ccc(NCc3cccc(C#N)c3)nc2)C1.N#Cc1cccc(CN)c1. The molecule has 4 heterocycles. The van der Waals surface area contributed by atoms with Crippen molar-refractivity contribution in [3.8, 4) is 12.1 Å². The van der Waals surface area contributed by atoms with Crippen LogP contribution in [-0.2, 0) is 22.7 Å². The number of rotatable bonds is 8. The summed E-state index contributed by atoms with van der Waals surface area (Å²) >= 11 is 0. The monoisotopic (exact) mass is 774 g/mol. The highest BCUT2D eigenvalue weighted by Crippen LogP contribution is 2.19. The highest BCUT2D eigenvalue weighted by molar-refractivity contribution is 5.95. The molecule has 4 amide bonds. The molecule has 2 aromatic carbocycles. The van der Waals surface area contributed by atoms with E-state index in [2.05, 4.69) is 21.4 Å². The zero-order valence-corrected chi connectivity index (χ0v) is 32.6. The Balaban J connectivity index is 0.000000213. The zero-order chi connectivity index (χ0) is 41.5. The molecule has 0 radical (unpaired) electrons. The Bertz CT molecular complexity index is 2100. The van der Waals surface area contributed by atoms with Gasteiger partial charge in [-0.25, -0.2) is 9.97 Å². The van der Waals surface area contributed by atoms with E-state index in [-0.39, 0.29) is 35.7 Å². The molecule has 2 aromatic heterocycles. The quantitative estimate of drug-likeness (QED) is 0.245. The first kappa shape index (κ1) is 43.0. The number of nitrogens with two attached hydrogens (primary N) is 1. The first-order chi connectivity index (χ1) is 27.3. The minimum atomic E-state index is -0.604. The van der Waals surface area contributed by atoms with Crippen molar-refractivity contribution in [1.82, 2.24) is 29.6 Å². The van der Waals surface area contributed by atoms with Crippen molar-refractivity contribution < 1.29 is 23.6 Å². The van der Waals surface area contributed by atoms with Crippen molar-refractivity contribution in [2.24, 2.45) is 5.73 Å². The van der Waals surface area contributed by atoms with E-state index in [9.17, 15) is 23.6 Å². The summed E-state index contributed by atoms with van der Waals surface area (Å²) in [5.74, 6) is -0.187. The average molecular weight is 775 g/mol. The van der Waals surface area contributed by atoms with Gasteiger partial charge in [0.05, 0.1) is 46.5 Å². The van der Waals surface area contributed by atoms with E-state index in [1.165, 1.54) is 32.2 Å². The summed E-state index contributed by atoms with van der Waals surface area (Å²) in [5, 5.41) is 20.6. The van der Waals surface area contributed by atoms with Gasteiger partial charge in [-0.2, -0.15) is 14.9 Å². The summed E-state index contributed by atoms with van der Waals surface area (Å²) in [4.78, 5) is 62.2. The predicted molar refractivity (Wildman–Crippen MR) is 211 cm³/mol. The Morgan fingerprint density at radius 1 is 0.772 bits per heavy atom. The number of carbonyl (C=O) groups excluding carboxylic acids is 4. The molecule has 0 spiro atoms. The van der Waals surface area contributed by atoms with Gasteiger partial charge in [-0.15, -0.1) is 0 Å². The highest BCUT2D eigenvalue weighted by atomic mass is 19.1. The summed E-state index contributed by atoms with van der Waals surface area (Å²) in [7, 11) is 3.51. The molecule has 2 atom stereocenters. The van der Waals surface area contributed by atoms with Gasteiger partial charge >= 0.3 is 0 Å². The number of hydrogen-bond acceptors (Lipinski definition) is 10. The summed E-state index contributed by atoms with van der Waals surface area (Å²) in [5.41, 5.74) is 9.53. The third-order valence-electron chi connectivity index (χ3n) is 9.80.